The largest absolute Gasteiger partial charge is 0.444 e. The summed E-state index contributed by atoms with van der Waals surface area (Å²) in [6, 6.07) is 0. The van der Waals surface area contributed by atoms with Crippen LogP contribution >= 0.6 is 0 Å². The number of nitrogens with zero attached hydrogens (tertiary/aromatic N) is 1. The Hall–Kier alpha value is -0.970. The highest BCUT2D eigenvalue weighted by molar-refractivity contribution is 5.04. The molecule has 1 saturated carbocycles. The van der Waals surface area contributed by atoms with Gasteiger partial charge < -0.3 is 9.73 Å². The molecule has 1 aliphatic rings. The van der Waals surface area contributed by atoms with Gasteiger partial charge in [0.2, 0.25) is 11.8 Å². The van der Waals surface area contributed by atoms with Crippen LogP contribution in [0.3, 0.4) is 0 Å². The minimum absolute atomic E-state index is 0.0424. The average Bonchev–Trinajstić information content (AvgIpc) is 2.77. The highest BCUT2D eigenvalue weighted by Gasteiger charge is 2.36. The van der Waals surface area contributed by atoms with Gasteiger partial charge in [0.15, 0.2) is 0 Å². The first kappa shape index (κ1) is 14.4. The molecule has 5 heteroatoms. The molecule has 0 bridgehead atoms. The molecule has 108 valence electrons. The number of alkyl halides is 2. The number of hydrogen-bond acceptors (Lipinski definition) is 3. The molecule has 1 aromatic rings. The van der Waals surface area contributed by atoms with Gasteiger partial charge >= 0.3 is 0 Å². The fourth-order valence-corrected chi connectivity index (χ4v) is 2.39. The van der Waals surface area contributed by atoms with Crippen LogP contribution in [0.25, 0.3) is 0 Å². The Balaban J connectivity index is 1.84. The normalized spacial score (nSPS) is 20.1. The molecule has 0 spiro atoms. The zero-order valence-electron chi connectivity index (χ0n) is 11.6. The molecule has 0 atom stereocenters. The zero-order valence-corrected chi connectivity index (χ0v) is 11.6. The standard InChI is InChI=1S/C14H22F2N2O/c1-10(2)7-17-9-13-18-8-12(19-13)11-3-5-14(15,16)6-4-11/h8,10-11,17H,3-7,9H2,1-2H3. The first-order valence-electron chi connectivity index (χ1n) is 6.99. The summed E-state index contributed by atoms with van der Waals surface area (Å²) in [4.78, 5) is 4.21. The van der Waals surface area contributed by atoms with Crippen LogP contribution in [0.5, 0.6) is 0 Å². The minimum Gasteiger partial charge on any atom is -0.444 e. The first-order valence-corrected chi connectivity index (χ1v) is 6.99. The quantitative estimate of drug-likeness (QED) is 0.888. The number of aromatic nitrogens is 1. The highest BCUT2D eigenvalue weighted by Crippen LogP contribution is 2.40. The summed E-state index contributed by atoms with van der Waals surface area (Å²) < 4.78 is 31.8. The molecule has 0 radical (unpaired) electrons. The average molecular weight is 272 g/mol. The Morgan fingerprint density at radius 3 is 2.74 bits per heavy atom. The van der Waals surface area contributed by atoms with E-state index in [-0.39, 0.29) is 18.8 Å². The van der Waals surface area contributed by atoms with Crippen LogP contribution in [0.15, 0.2) is 10.6 Å². The second kappa shape index (κ2) is 5.99. The van der Waals surface area contributed by atoms with E-state index < -0.39 is 5.92 Å². The topological polar surface area (TPSA) is 38.1 Å². The monoisotopic (exact) mass is 272 g/mol. The van der Waals surface area contributed by atoms with Crippen molar-refractivity contribution in [3.05, 3.63) is 17.8 Å². The summed E-state index contributed by atoms with van der Waals surface area (Å²) >= 11 is 0. The van der Waals surface area contributed by atoms with Gasteiger partial charge in [0.1, 0.15) is 5.76 Å². The van der Waals surface area contributed by atoms with E-state index >= 15 is 0 Å². The third kappa shape index (κ3) is 4.27. The van der Waals surface area contributed by atoms with E-state index in [1.807, 2.05) is 0 Å². The molecule has 3 nitrogen and oxygen atoms in total. The summed E-state index contributed by atoms with van der Waals surface area (Å²) in [6.45, 7) is 5.78. The maximum Gasteiger partial charge on any atom is 0.248 e. The molecule has 19 heavy (non-hydrogen) atoms. The van der Waals surface area contributed by atoms with E-state index in [1.165, 1.54) is 0 Å². The van der Waals surface area contributed by atoms with E-state index in [9.17, 15) is 8.78 Å². The lowest BCUT2D eigenvalue weighted by Gasteiger charge is -2.26. The van der Waals surface area contributed by atoms with Crippen LogP contribution in [0.2, 0.25) is 0 Å². The van der Waals surface area contributed by atoms with Crippen LogP contribution in [0.4, 0.5) is 8.78 Å². The van der Waals surface area contributed by atoms with Crippen molar-refractivity contribution in [3.8, 4) is 0 Å². The Kier molecular flexibility index (Phi) is 4.55. The van der Waals surface area contributed by atoms with Crippen LogP contribution in [0, 0.1) is 5.92 Å². The number of halogens is 2. The smallest absolute Gasteiger partial charge is 0.248 e. The number of rotatable bonds is 5. The van der Waals surface area contributed by atoms with E-state index in [2.05, 4.69) is 24.1 Å². The van der Waals surface area contributed by atoms with Gasteiger partial charge in [-0.2, -0.15) is 0 Å². The van der Waals surface area contributed by atoms with E-state index in [1.54, 1.807) is 6.20 Å². The Labute approximate surface area is 112 Å². The van der Waals surface area contributed by atoms with Gasteiger partial charge in [-0.1, -0.05) is 13.8 Å². The van der Waals surface area contributed by atoms with Crippen LogP contribution in [-0.4, -0.2) is 17.5 Å². The maximum atomic E-state index is 13.1. The lowest BCUT2D eigenvalue weighted by atomic mass is 9.85. The number of nitrogens with one attached hydrogen (secondary N) is 1. The molecule has 0 unspecified atom stereocenters. The lowest BCUT2D eigenvalue weighted by molar-refractivity contribution is -0.0395. The van der Waals surface area contributed by atoms with Crippen molar-refractivity contribution in [2.24, 2.45) is 5.92 Å². The lowest BCUT2D eigenvalue weighted by Crippen LogP contribution is -2.23. The summed E-state index contributed by atoms with van der Waals surface area (Å²) in [7, 11) is 0. The van der Waals surface area contributed by atoms with Gasteiger partial charge in [0.05, 0.1) is 12.7 Å². The first-order chi connectivity index (χ1) is 8.96. The second-order valence-corrected chi connectivity index (χ2v) is 5.81. The molecule has 2 rings (SSSR count). The summed E-state index contributed by atoms with van der Waals surface area (Å²) in [5.41, 5.74) is 0. The van der Waals surface area contributed by atoms with Crippen molar-refractivity contribution >= 4 is 0 Å². The molecule has 1 heterocycles. The molecule has 1 fully saturated rings. The molecular formula is C14H22F2N2O. The second-order valence-electron chi connectivity index (χ2n) is 5.81. The van der Waals surface area contributed by atoms with E-state index in [4.69, 9.17) is 4.42 Å². The third-order valence-electron chi connectivity index (χ3n) is 3.52. The van der Waals surface area contributed by atoms with Crippen molar-refractivity contribution in [1.82, 2.24) is 10.3 Å². The van der Waals surface area contributed by atoms with E-state index in [0.29, 0.717) is 31.2 Å². The van der Waals surface area contributed by atoms with Gasteiger partial charge in [-0.3, -0.25) is 0 Å². The van der Waals surface area contributed by atoms with Crippen LogP contribution < -0.4 is 5.32 Å². The van der Waals surface area contributed by atoms with Gasteiger partial charge in [-0.15, -0.1) is 0 Å². The zero-order chi connectivity index (χ0) is 13.9. The van der Waals surface area contributed by atoms with Gasteiger partial charge in [-0.05, 0) is 25.3 Å². The van der Waals surface area contributed by atoms with Crippen LogP contribution in [0.1, 0.15) is 57.1 Å². The Morgan fingerprint density at radius 1 is 1.42 bits per heavy atom. The maximum absolute atomic E-state index is 13.1. The number of oxazole rings is 1. The van der Waals surface area contributed by atoms with Crippen molar-refractivity contribution < 1.29 is 13.2 Å². The van der Waals surface area contributed by atoms with Gasteiger partial charge in [-0.25, -0.2) is 13.8 Å². The summed E-state index contributed by atoms with van der Waals surface area (Å²) in [5, 5.41) is 3.25. The predicted octanol–water partition coefficient (Wildman–Crippen LogP) is 3.71. The molecule has 0 aliphatic heterocycles. The van der Waals surface area contributed by atoms with Gasteiger partial charge in [0.25, 0.3) is 0 Å². The molecule has 0 saturated heterocycles. The molecular weight excluding hydrogens is 250 g/mol. The molecule has 1 aliphatic carbocycles. The van der Waals surface area contributed by atoms with Crippen molar-refractivity contribution in [1.29, 1.82) is 0 Å². The Morgan fingerprint density at radius 2 is 2.11 bits per heavy atom. The molecule has 0 aromatic carbocycles. The minimum atomic E-state index is -2.49. The SMILES string of the molecule is CC(C)CNCc1ncc(C2CCC(F)(F)CC2)o1. The van der Waals surface area contributed by atoms with Crippen molar-refractivity contribution in [2.45, 2.75) is 57.9 Å². The molecule has 1 aromatic heterocycles. The van der Waals surface area contributed by atoms with Crippen LogP contribution in [-0.2, 0) is 6.54 Å². The van der Waals surface area contributed by atoms with E-state index in [0.717, 1.165) is 12.3 Å². The fourth-order valence-electron chi connectivity index (χ4n) is 2.39. The van der Waals surface area contributed by atoms with Crippen molar-refractivity contribution in [2.75, 3.05) is 6.54 Å². The van der Waals surface area contributed by atoms with Crippen molar-refractivity contribution in [3.63, 3.8) is 0 Å². The van der Waals surface area contributed by atoms with Gasteiger partial charge in [0, 0.05) is 18.8 Å². The summed E-state index contributed by atoms with van der Waals surface area (Å²) in [5.74, 6) is -0.399. The molecule has 1 N–H and O–H groups in total. The highest BCUT2D eigenvalue weighted by atomic mass is 19.3. The molecule has 0 amide bonds. The summed E-state index contributed by atoms with van der Waals surface area (Å²) in [6.07, 6.45) is 2.58. The predicted molar refractivity (Wildman–Crippen MR) is 69.2 cm³/mol. The number of hydrogen-bond donors (Lipinski definition) is 1. The fraction of sp³-hybridized carbons (Fsp3) is 0.786. The Bertz CT molecular complexity index is 394. The third-order valence-corrected chi connectivity index (χ3v) is 3.52.